The number of aromatic nitrogens is 1. The number of likely N-dealkylation sites (tertiary alicyclic amines) is 1. The van der Waals surface area contributed by atoms with Gasteiger partial charge in [-0.2, -0.15) is 0 Å². The van der Waals surface area contributed by atoms with Crippen LogP contribution in [0.3, 0.4) is 0 Å². The van der Waals surface area contributed by atoms with Crippen LogP contribution >= 0.6 is 0 Å². The zero-order valence-electron chi connectivity index (χ0n) is 17.9. The van der Waals surface area contributed by atoms with E-state index < -0.39 is 0 Å². The number of nitrogens with zero attached hydrogens (tertiary/aromatic N) is 1. The van der Waals surface area contributed by atoms with Crippen LogP contribution in [-0.2, 0) is 19.5 Å². The molecule has 156 valence electrons. The van der Waals surface area contributed by atoms with E-state index in [-0.39, 0.29) is 11.7 Å². The number of hydrogen-bond acceptors (Lipinski definition) is 3. The number of nitrogens with one attached hydrogen (secondary N) is 2. The van der Waals surface area contributed by atoms with E-state index in [2.05, 4.69) is 39.5 Å². The van der Waals surface area contributed by atoms with Crippen molar-refractivity contribution in [2.45, 2.75) is 66.0 Å². The number of hydrogen-bond donors (Lipinski definition) is 2. The first-order valence-electron chi connectivity index (χ1n) is 10.8. The van der Waals surface area contributed by atoms with E-state index in [9.17, 15) is 9.59 Å². The smallest absolute Gasteiger partial charge is 0.268 e. The van der Waals surface area contributed by atoms with Gasteiger partial charge in [-0.1, -0.05) is 44.0 Å². The Morgan fingerprint density at radius 1 is 1.03 bits per heavy atom. The maximum absolute atomic E-state index is 12.7. The largest absolute Gasteiger partial charge is 0.354 e. The predicted molar refractivity (Wildman–Crippen MR) is 116 cm³/mol. The summed E-state index contributed by atoms with van der Waals surface area (Å²) < 4.78 is 0. The molecule has 5 heteroatoms. The van der Waals surface area contributed by atoms with Gasteiger partial charge in [0, 0.05) is 24.3 Å². The first kappa shape index (κ1) is 21.3. The maximum Gasteiger partial charge on any atom is 0.268 e. The normalized spacial score (nSPS) is 15.1. The van der Waals surface area contributed by atoms with Gasteiger partial charge in [-0.05, 0) is 62.9 Å². The highest BCUT2D eigenvalue weighted by molar-refractivity contribution is 6.02. The number of carbonyl (C=O) groups is 2. The Hall–Kier alpha value is -2.40. The molecule has 5 nitrogen and oxygen atoms in total. The third-order valence-corrected chi connectivity index (χ3v) is 5.80. The molecule has 0 radical (unpaired) electrons. The third-order valence-electron chi connectivity index (χ3n) is 5.80. The van der Waals surface area contributed by atoms with Crippen molar-refractivity contribution in [3.63, 3.8) is 0 Å². The van der Waals surface area contributed by atoms with Crippen LogP contribution in [0.25, 0.3) is 0 Å². The summed E-state index contributed by atoms with van der Waals surface area (Å²) in [7, 11) is 0. The molecule has 1 aliphatic heterocycles. The molecule has 2 N–H and O–H groups in total. The number of Topliss-reactive ketones (excluding diaryl/α,β-unsaturated/α-hetero) is 1. The molecule has 1 amide bonds. The molecule has 1 fully saturated rings. The Balaban J connectivity index is 1.59. The highest BCUT2D eigenvalue weighted by Crippen LogP contribution is 2.20. The number of rotatable bonds is 7. The maximum atomic E-state index is 12.7. The van der Waals surface area contributed by atoms with Crippen molar-refractivity contribution < 1.29 is 9.59 Å². The molecule has 0 saturated carbocycles. The SMILES string of the molecule is CCc1c(C(=O)NCc2ccc(CN3CCCCCC3)cc2)[nH]c(C)c1C(C)=O. The molecule has 1 aliphatic rings. The molecule has 0 atom stereocenters. The highest BCUT2D eigenvalue weighted by atomic mass is 16.2. The predicted octanol–water partition coefficient (Wildman–Crippen LogP) is 4.39. The zero-order chi connectivity index (χ0) is 20.8. The number of H-pyrrole nitrogens is 1. The number of aromatic amines is 1. The van der Waals surface area contributed by atoms with Gasteiger partial charge in [-0.15, -0.1) is 0 Å². The quantitative estimate of drug-likeness (QED) is 0.683. The first-order chi connectivity index (χ1) is 14.0. The van der Waals surface area contributed by atoms with Gasteiger partial charge in [0.15, 0.2) is 5.78 Å². The van der Waals surface area contributed by atoms with Gasteiger partial charge in [0.1, 0.15) is 5.69 Å². The standard InChI is InChI=1S/C24H33N3O2/c1-4-21-22(18(3)28)17(2)26-23(21)24(29)25-15-19-9-11-20(12-10-19)16-27-13-7-5-6-8-14-27/h9-12,26H,4-8,13-16H2,1-3H3,(H,25,29). The molecule has 1 aromatic heterocycles. The molecular formula is C24H33N3O2. The highest BCUT2D eigenvalue weighted by Gasteiger charge is 2.21. The van der Waals surface area contributed by atoms with Crippen LogP contribution in [0.4, 0.5) is 0 Å². The van der Waals surface area contributed by atoms with Crippen LogP contribution in [0.15, 0.2) is 24.3 Å². The van der Waals surface area contributed by atoms with Gasteiger partial charge in [0.2, 0.25) is 0 Å². The second-order valence-corrected chi connectivity index (χ2v) is 8.08. The van der Waals surface area contributed by atoms with Crippen molar-refractivity contribution in [3.05, 3.63) is 57.9 Å². The minimum Gasteiger partial charge on any atom is -0.354 e. The topological polar surface area (TPSA) is 65.2 Å². The first-order valence-corrected chi connectivity index (χ1v) is 10.8. The van der Waals surface area contributed by atoms with E-state index in [1.165, 1.54) is 44.3 Å². The molecule has 0 unspecified atom stereocenters. The summed E-state index contributed by atoms with van der Waals surface area (Å²) in [4.78, 5) is 30.2. The van der Waals surface area contributed by atoms with E-state index in [4.69, 9.17) is 0 Å². The van der Waals surface area contributed by atoms with Crippen LogP contribution in [-0.4, -0.2) is 34.7 Å². The van der Waals surface area contributed by atoms with Crippen molar-refractivity contribution in [2.24, 2.45) is 0 Å². The minimum atomic E-state index is -0.161. The number of ketones is 1. The molecule has 2 aromatic rings. The molecule has 0 bridgehead atoms. The van der Waals surface area contributed by atoms with E-state index in [1.807, 2.05) is 13.8 Å². The summed E-state index contributed by atoms with van der Waals surface area (Å²) in [6, 6.07) is 8.51. The van der Waals surface area contributed by atoms with Crippen molar-refractivity contribution in [1.82, 2.24) is 15.2 Å². The lowest BCUT2D eigenvalue weighted by Crippen LogP contribution is -2.25. The monoisotopic (exact) mass is 395 g/mol. The van der Waals surface area contributed by atoms with Gasteiger partial charge in [0.25, 0.3) is 5.91 Å². The van der Waals surface area contributed by atoms with Crippen LogP contribution in [0.2, 0.25) is 0 Å². The van der Waals surface area contributed by atoms with Crippen molar-refractivity contribution >= 4 is 11.7 Å². The Bertz CT molecular complexity index is 844. The van der Waals surface area contributed by atoms with Crippen molar-refractivity contribution in [2.75, 3.05) is 13.1 Å². The lowest BCUT2D eigenvalue weighted by molar-refractivity contribution is 0.0945. The summed E-state index contributed by atoms with van der Waals surface area (Å²) in [6.07, 6.45) is 5.94. The van der Waals surface area contributed by atoms with Crippen LogP contribution < -0.4 is 5.32 Å². The Kier molecular flexibility index (Phi) is 7.26. The summed E-state index contributed by atoms with van der Waals surface area (Å²) in [6.45, 7) is 9.21. The fourth-order valence-corrected chi connectivity index (χ4v) is 4.29. The molecular weight excluding hydrogens is 362 g/mol. The average Bonchev–Trinajstić information content (AvgIpc) is 2.86. The van der Waals surface area contributed by atoms with Crippen LogP contribution in [0, 0.1) is 6.92 Å². The number of aryl methyl sites for hydroxylation is 1. The molecule has 29 heavy (non-hydrogen) atoms. The summed E-state index contributed by atoms with van der Waals surface area (Å²) in [5, 5.41) is 2.99. The van der Waals surface area contributed by atoms with E-state index in [1.54, 1.807) is 6.92 Å². The fraction of sp³-hybridized carbons (Fsp3) is 0.500. The van der Waals surface area contributed by atoms with Gasteiger partial charge in [-0.3, -0.25) is 14.5 Å². The lowest BCUT2D eigenvalue weighted by Gasteiger charge is -2.19. The zero-order valence-corrected chi connectivity index (χ0v) is 17.9. The number of amides is 1. The fourth-order valence-electron chi connectivity index (χ4n) is 4.29. The molecule has 1 saturated heterocycles. The molecule has 3 rings (SSSR count). The van der Waals surface area contributed by atoms with Gasteiger partial charge < -0.3 is 10.3 Å². The molecule has 0 aliphatic carbocycles. The second-order valence-electron chi connectivity index (χ2n) is 8.08. The third kappa shape index (κ3) is 5.36. The Labute approximate surface area is 173 Å². The summed E-state index contributed by atoms with van der Waals surface area (Å²) in [5.74, 6) is -0.166. The molecule has 1 aromatic carbocycles. The van der Waals surface area contributed by atoms with E-state index >= 15 is 0 Å². The lowest BCUT2D eigenvalue weighted by atomic mass is 10.0. The molecule has 2 heterocycles. The minimum absolute atomic E-state index is 0.00496. The Morgan fingerprint density at radius 2 is 1.66 bits per heavy atom. The van der Waals surface area contributed by atoms with Crippen molar-refractivity contribution in [1.29, 1.82) is 0 Å². The Morgan fingerprint density at radius 3 is 2.24 bits per heavy atom. The average molecular weight is 396 g/mol. The van der Waals surface area contributed by atoms with Gasteiger partial charge in [-0.25, -0.2) is 0 Å². The van der Waals surface area contributed by atoms with Crippen molar-refractivity contribution in [3.8, 4) is 0 Å². The summed E-state index contributed by atoms with van der Waals surface area (Å²) in [5.41, 5.74) is 5.12. The number of carbonyl (C=O) groups excluding carboxylic acids is 2. The number of benzene rings is 1. The molecule has 0 spiro atoms. The second kappa shape index (κ2) is 9.88. The van der Waals surface area contributed by atoms with Gasteiger partial charge >= 0.3 is 0 Å². The van der Waals surface area contributed by atoms with Gasteiger partial charge in [0.05, 0.1) is 0 Å². The van der Waals surface area contributed by atoms with E-state index in [0.717, 1.165) is 23.4 Å². The van der Waals surface area contributed by atoms with Crippen LogP contribution in [0.5, 0.6) is 0 Å². The van der Waals surface area contributed by atoms with Crippen LogP contribution in [0.1, 0.15) is 82.8 Å². The summed E-state index contributed by atoms with van der Waals surface area (Å²) >= 11 is 0. The van der Waals surface area contributed by atoms with E-state index in [0.29, 0.717) is 24.2 Å².